The summed E-state index contributed by atoms with van der Waals surface area (Å²) >= 11 is 0. The predicted molar refractivity (Wildman–Crippen MR) is 166 cm³/mol. The number of carbonyl (C=O) groups is 1. The maximum atomic E-state index is 12.3. The Bertz CT molecular complexity index is 1560. The van der Waals surface area contributed by atoms with E-state index in [2.05, 4.69) is 27.0 Å². The maximum Gasteiger partial charge on any atom is 0.333 e. The summed E-state index contributed by atoms with van der Waals surface area (Å²) in [4.78, 5) is 12.3. The summed E-state index contributed by atoms with van der Waals surface area (Å²) < 4.78 is 28.3. The van der Waals surface area contributed by atoms with Crippen molar-refractivity contribution in [1.82, 2.24) is 0 Å². The molecular weight excluding hydrogens is 580 g/mol. The van der Waals surface area contributed by atoms with E-state index < -0.39 is 12.1 Å². The van der Waals surface area contributed by atoms with Gasteiger partial charge >= 0.3 is 5.97 Å². The number of rotatable bonds is 14. The molecule has 4 aromatic rings. The van der Waals surface area contributed by atoms with Gasteiger partial charge in [-0.15, -0.1) is 10.2 Å². The molecular formula is C33H32N4O8. The number of hydrogen-bond donors (Lipinski definition) is 2. The molecule has 0 atom stereocenters. The minimum Gasteiger partial charge on any atom is -0.508 e. The molecule has 45 heavy (non-hydrogen) atoms. The molecule has 12 heteroatoms. The van der Waals surface area contributed by atoms with Crippen LogP contribution in [0, 0.1) is 0 Å². The minimum absolute atomic E-state index is 0.0351. The molecule has 0 unspecified atom stereocenters. The number of methoxy groups -OCH3 is 2. The Morgan fingerprint density at radius 1 is 0.689 bits per heavy atom. The van der Waals surface area contributed by atoms with Crippen molar-refractivity contribution in [2.24, 2.45) is 20.5 Å². The van der Waals surface area contributed by atoms with Crippen molar-refractivity contribution in [3.63, 3.8) is 0 Å². The fourth-order valence-electron chi connectivity index (χ4n) is 3.67. The normalized spacial score (nSPS) is 11.7. The maximum absolute atomic E-state index is 12.3. The van der Waals surface area contributed by atoms with Crippen LogP contribution in [0.3, 0.4) is 0 Å². The van der Waals surface area contributed by atoms with E-state index in [4.69, 9.17) is 23.7 Å². The van der Waals surface area contributed by atoms with Crippen LogP contribution in [-0.4, -0.2) is 49.7 Å². The zero-order chi connectivity index (χ0) is 32.2. The van der Waals surface area contributed by atoms with Crippen LogP contribution >= 0.6 is 0 Å². The number of ether oxygens (including phenoxy) is 5. The number of phenols is 2. The SMILES string of the molecule is C=C(C)C(=O)OC(COc1ccc(N=Nc2ccc(O)cc2)c(OC)c1)COc1ccc(N=Nc2ccc(O)cc2)c(OC)c1. The summed E-state index contributed by atoms with van der Waals surface area (Å²) in [6, 6.07) is 22.6. The summed E-state index contributed by atoms with van der Waals surface area (Å²) in [5, 5.41) is 35.6. The quantitative estimate of drug-likeness (QED) is 0.0828. The fraction of sp³-hybridized carbons (Fsp3) is 0.182. The molecule has 0 spiro atoms. The number of azo groups is 2. The number of esters is 1. The van der Waals surface area contributed by atoms with Crippen LogP contribution in [0.1, 0.15) is 6.92 Å². The second-order valence-corrected chi connectivity index (χ2v) is 9.53. The van der Waals surface area contributed by atoms with Crippen LogP contribution in [-0.2, 0) is 9.53 Å². The summed E-state index contributed by atoms with van der Waals surface area (Å²) in [6.45, 7) is 5.12. The second kappa shape index (κ2) is 15.5. The molecule has 0 saturated heterocycles. The van der Waals surface area contributed by atoms with Crippen LogP contribution in [0.15, 0.2) is 118 Å². The van der Waals surface area contributed by atoms with Crippen LogP contribution in [0.25, 0.3) is 0 Å². The van der Waals surface area contributed by atoms with Gasteiger partial charge < -0.3 is 33.9 Å². The van der Waals surface area contributed by atoms with Gasteiger partial charge in [-0.25, -0.2) is 4.79 Å². The number of phenolic OH excluding ortho intramolecular Hbond substituents is 2. The Labute approximate surface area is 259 Å². The standard InChI is InChI=1S/C33H32N4O8/c1-21(2)33(40)45-28(19-43-26-13-15-29(31(17-26)41-3)36-34-22-5-9-24(38)10-6-22)20-44-27-14-16-30(32(18-27)42-4)37-35-23-7-11-25(39)12-8-23/h5-18,28,38-39H,1,19-20H2,2-4H3. The van der Waals surface area contributed by atoms with Crippen molar-refractivity contribution in [3.05, 3.63) is 97.1 Å². The molecule has 0 saturated carbocycles. The summed E-state index contributed by atoms with van der Waals surface area (Å²) in [6.07, 6.45) is -0.797. The topological polar surface area (TPSA) is 153 Å². The van der Waals surface area contributed by atoms with Crippen molar-refractivity contribution in [1.29, 1.82) is 0 Å². The molecule has 4 rings (SSSR count). The lowest BCUT2D eigenvalue weighted by molar-refractivity contribution is -0.147. The Kier molecular flexibility index (Phi) is 11.0. The zero-order valence-electron chi connectivity index (χ0n) is 24.9. The van der Waals surface area contributed by atoms with Gasteiger partial charge in [-0.05, 0) is 79.7 Å². The first kappa shape index (κ1) is 32.0. The predicted octanol–water partition coefficient (Wildman–Crippen LogP) is 7.89. The molecule has 0 aliphatic rings. The van der Waals surface area contributed by atoms with E-state index in [1.165, 1.54) is 38.5 Å². The van der Waals surface area contributed by atoms with Crippen molar-refractivity contribution in [3.8, 4) is 34.5 Å². The smallest absolute Gasteiger partial charge is 0.333 e. The van der Waals surface area contributed by atoms with Crippen molar-refractivity contribution >= 4 is 28.7 Å². The fourth-order valence-corrected chi connectivity index (χ4v) is 3.67. The monoisotopic (exact) mass is 612 g/mol. The van der Waals surface area contributed by atoms with Crippen molar-refractivity contribution < 1.29 is 38.7 Å². The molecule has 0 fully saturated rings. The number of carbonyl (C=O) groups excluding carboxylic acids is 1. The van der Waals surface area contributed by atoms with E-state index in [9.17, 15) is 15.0 Å². The van der Waals surface area contributed by atoms with Gasteiger partial charge in [-0.3, -0.25) is 0 Å². The van der Waals surface area contributed by atoms with Crippen LogP contribution in [0.4, 0.5) is 22.7 Å². The molecule has 2 N–H and O–H groups in total. The third kappa shape index (κ3) is 9.55. The Morgan fingerprint density at radius 3 is 1.49 bits per heavy atom. The third-order valence-electron chi connectivity index (χ3n) is 6.04. The highest BCUT2D eigenvalue weighted by Gasteiger charge is 2.18. The number of hydrogen-bond acceptors (Lipinski definition) is 12. The molecule has 0 aromatic heterocycles. The molecule has 232 valence electrons. The van der Waals surface area contributed by atoms with Crippen LogP contribution in [0.2, 0.25) is 0 Å². The third-order valence-corrected chi connectivity index (χ3v) is 6.04. The number of aromatic hydroxyl groups is 2. The molecule has 0 radical (unpaired) electrons. The van der Waals surface area contributed by atoms with Gasteiger partial charge in [0.15, 0.2) is 6.10 Å². The first-order valence-electron chi connectivity index (χ1n) is 13.6. The highest BCUT2D eigenvalue weighted by atomic mass is 16.6. The van der Waals surface area contributed by atoms with E-state index in [0.29, 0.717) is 45.7 Å². The van der Waals surface area contributed by atoms with Gasteiger partial charge in [-0.2, -0.15) is 10.2 Å². The van der Waals surface area contributed by atoms with Gasteiger partial charge in [0.1, 0.15) is 59.1 Å². The van der Waals surface area contributed by atoms with Gasteiger partial charge in [0.05, 0.1) is 25.6 Å². The molecule has 0 aliphatic carbocycles. The summed E-state index contributed by atoms with van der Waals surface area (Å²) in [5.41, 5.74) is 2.28. The van der Waals surface area contributed by atoms with Gasteiger partial charge in [-0.1, -0.05) is 6.58 Å². The largest absolute Gasteiger partial charge is 0.508 e. The van der Waals surface area contributed by atoms with E-state index in [1.54, 1.807) is 67.6 Å². The Morgan fingerprint density at radius 2 is 1.11 bits per heavy atom. The van der Waals surface area contributed by atoms with E-state index in [1.807, 2.05) is 0 Å². The van der Waals surface area contributed by atoms with Crippen LogP contribution in [0.5, 0.6) is 34.5 Å². The lowest BCUT2D eigenvalue weighted by atomic mass is 10.2. The minimum atomic E-state index is -0.797. The zero-order valence-corrected chi connectivity index (χ0v) is 24.9. The number of nitrogens with zero attached hydrogens (tertiary/aromatic N) is 4. The Balaban J connectivity index is 1.42. The summed E-state index contributed by atoms with van der Waals surface area (Å²) in [5.74, 6) is 1.39. The average molecular weight is 613 g/mol. The highest BCUT2D eigenvalue weighted by Crippen LogP contribution is 2.34. The Hall–Kier alpha value is -5.91. The van der Waals surface area contributed by atoms with Gasteiger partial charge in [0, 0.05) is 17.7 Å². The average Bonchev–Trinajstić information content (AvgIpc) is 3.05. The molecule has 0 heterocycles. The van der Waals surface area contributed by atoms with E-state index in [0.717, 1.165) is 0 Å². The molecule has 0 aliphatic heterocycles. The lowest BCUT2D eigenvalue weighted by Gasteiger charge is -2.20. The molecule has 0 amide bonds. The van der Waals surface area contributed by atoms with Crippen LogP contribution < -0.4 is 18.9 Å². The first-order valence-corrected chi connectivity index (χ1v) is 13.6. The first-order chi connectivity index (χ1) is 21.7. The van der Waals surface area contributed by atoms with E-state index in [-0.39, 0.29) is 30.3 Å². The van der Waals surface area contributed by atoms with Gasteiger partial charge in [0.2, 0.25) is 0 Å². The van der Waals surface area contributed by atoms with Crippen molar-refractivity contribution in [2.45, 2.75) is 13.0 Å². The lowest BCUT2D eigenvalue weighted by Crippen LogP contribution is -2.31. The highest BCUT2D eigenvalue weighted by molar-refractivity contribution is 5.87. The molecule has 12 nitrogen and oxygen atoms in total. The molecule has 0 bridgehead atoms. The van der Waals surface area contributed by atoms with Crippen molar-refractivity contribution in [2.75, 3.05) is 27.4 Å². The number of benzene rings is 4. The summed E-state index contributed by atoms with van der Waals surface area (Å²) in [7, 11) is 3.00. The van der Waals surface area contributed by atoms with Gasteiger partial charge in [0.25, 0.3) is 0 Å². The second-order valence-electron chi connectivity index (χ2n) is 9.53. The van der Waals surface area contributed by atoms with E-state index >= 15 is 0 Å². The molecule has 4 aromatic carbocycles.